The Bertz CT molecular complexity index is 1460. The Balaban J connectivity index is 1.47. The van der Waals surface area contributed by atoms with Gasteiger partial charge in [0.05, 0.1) is 25.3 Å². The molecule has 0 aliphatic carbocycles. The van der Waals surface area contributed by atoms with E-state index in [1.165, 1.54) is 6.20 Å². The third kappa shape index (κ3) is 6.99. The largest absolute Gasteiger partial charge is 0.496 e. The summed E-state index contributed by atoms with van der Waals surface area (Å²) in [6.45, 7) is 4.93. The van der Waals surface area contributed by atoms with Crippen LogP contribution in [0.4, 0.5) is 0 Å². The second-order valence-electron chi connectivity index (χ2n) is 11.0. The van der Waals surface area contributed by atoms with Crippen LogP contribution in [0.25, 0.3) is 11.1 Å². The lowest BCUT2D eigenvalue weighted by molar-refractivity contribution is -0.130. The van der Waals surface area contributed by atoms with E-state index in [9.17, 15) is 14.4 Å². The van der Waals surface area contributed by atoms with E-state index >= 15 is 0 Å². The molecule has 1 saturated heterocycles. The number of aromatic nitrogens is 1. The van der Waals surface area contributed by atoms with Crippen LogP contribution in [0.2, 0.25) is 0 Å². The SMILES string of the molecule is COc1cc2ccc1CNC(=O)COc1cccc(c1)-c1cncc(c1)C(=O)N[C@H]1CN(C(=O)CCC(C)C)C[C@@H]1O2. The van der Waals surface area contributed by atoms with Crippen LogP contribution >= 0.6 is 0 Å². The van der Waals surface area contributed by atoms with Gasteiger partial charge in [-0.15, -0.1) is 0 Å². The molecule has 10 heteroatoms. The van der Waals surface area contributed by atoms with Crippen LogP contribution in [0.5, 0.6) is 17.2 Å². The van der Waals surface area contributed by atoms with Gasteiger partial charge in [0.1, 0.15) is 23.4 Å². The zero-order valence-electron chi connectivity index (χ0n) is 24.1. The molecule has 0 saturated carbocycles. The number of amides is 3. The van der Waals surface area contributed by atoms with E-state index in [1.807, 2.05) is 18.2 Å². The van der Waals surface area contributed by atoms with Crippen LogP contribution < -0.4 is 24.8 Å². The van der Waals surface area contributed by atoms with Gasteiger partial charge in [0.2, 0.25) is 5.91 Å². The molecule has 220 valence electrons. The molecule has 3 amide bonds. The van der Waals surface area contributed by atoms with Gasteiger partial charge < -0.3 is 29.7 Å². The monoisotopic (exact) mass is 572 g/mol. The first-order valence-electron chi connectivity index (χ1n) is 14.2. The molecule has 2 aromatic carbocycles. The summed E-state index contributed by atoms with van der Waals surface area (Å²) in [4.78, 5) is 45.1. The second kappa shape index (κ2) is 12.9. The Morgan fingerprint density at radius 1 is 1.05 bits per heavy atom. The molecule has 0 radical (unpaired) electrons. The predicted molar refractivity (Wildman–Crippen MR) is 156 cm³/mol. The lowest BCUT2D eigenvalue weighted by Crippen LogP contribution is -2.45. The number of nitrogens with one attached hydrogen (secondary N) is 2. The molecule has 10 nitrogen and oxygen atoms in total. The number of benzene rings is 2. The first kappa shape index (κ1) is 28.9. The summed E-state index contributed by atoms with van der Waals surface area (Å²) in [7, 11) is 1.55. The number of nitrogens with zero attached hydrogens (tertiary/aromatic N) is 2. The quantitative estimate of drug-likeness (QED) is 0.491. The highest BCUT2D eigenvalue weighted by Gasteiger charge is 2.38. The van der Waals surface area contributed by atoms with Gasteiger partial charge in [-0.25, -0.2) is 0 Å². The van der Waals surface area contributed by atoms with E-state index in [2.05, 4.69) is 29.5 Å². The average Bonchev–Trinajstić information content (AvgIpc) is 3.39. The Kier molecular flexibility index (Phi) is 8.90. The zero-order valence-corrected chi connectivity index (χ0v) is 24.1. The molecule has 2 N–H and O–H groups in total. The van der Waals surface area contributed by atoms with Gasteiger partial charge in [-0.3, -0.25) is 19.4 Å². The first-order chi connectivity index (χ1) is 20.3. The number of ether oxygens (including phenoxy) is 3. The van der Waals surface area contributed by atoms with Gasteiger partial charge in [0.25, 0.3) is 11.8 Å². The fourth-order valence-corrected chi connectivity index (χ4v) is 5.06. The zero-order chi connectivity index (χ0) is 29.6. The topological polar surface area (TPSA) is 119 Å². The highest BCUT2D eigenvalue weighted by molar-refractivity contribution is 5.95. The van der Waals surface area contributed by atoms with Crippen molar-refractivity contribution in [3.8, 4) is 28.4 Å². The smallest absolute Gasteiger partial charge is 0.258 e. The molecule has 2 atom stereocenters. The van der Waals surface area contributed by atoms with E-state index < -0.39 is 12.1 Å². The molecule has 1 aromatic heterocycles. The summed E-state index contributed by atoms with van der Waals surface area (Å²) in [6, 6.07) is 13.9. The molecule has 0 spiro atoms. The number of pyridine rings is 1. The average molecular weight is 573 g/mol. The Hall–Kier alpha value is -4.60. The molecule has 3 aromatic rings. The van der Waals surface area contributed by atoms with E-state index in [-0.39, 0.29) is 30.9 Å². The molecule has 1 fully saturated rings. The number of carbonyl (C=O) groups is 3. The number of hydrogen-bond donors (Lipinski definition) is 2. The molecule has 6 bridgehead atoms. The minimum atomic E-state index is -0.484. The molecule has 3 aliphatic heterocycles. The van der Waals surface area contributed by atoms with Crippen molar-refractivity contribution in [2.24, 2.45) is 5.92 Å². The van der Waals surface area contributed by atoms with Crippen LogP contribution in [-0.4, -0.2) is 66.6 Å². The number of fused-ring (bicyclic) bond motifs is 7. The fraction of sp³-hybridized carbons (Fsp3) is 0.375. The normalized spacial score (nSPS) is 18.8. The van der Waals surface area contributed by atoms with Gasteiger partial charge in [-0.2, -0.15) is 0 Å². The van der Waals surface area contributed by atoms with Crippen molar-refractivity contribution in [3.63, 3.8) is 0 Å². The molecular weight excluding hydrogens is 536 g/mol. The lowest BCUT2D eigenvalue weighted by Gasteiger charge is -2.22. The van der Waals surface area contributed by atoms with Gasteiger partial charge in [0, 0.05) is 49.1 Å². The van der Waals surface area contributed by atoms with Crippen molar-refractivity contribution in [3.05, 3.63) is 72.1 Å². The van der Waals surface area contributed by atoms with E-state index in [0.717, 1.165) is 23.1 Å². The highest BCUT2D eigenvalue weighted by Crippen LogP contribution is 2.28. The summed E-state index contributed by atoms with van der Waals surface area (Å²) in [5.41, 5.74) is 2.66. The maximum Gasteiger partial charge on any atom is 0.258 e. The molecular formula is C32H36N4O6. The van der Waals surface area contributed by atoms with Crippen LogP contribution in [0.1, 0.15) is 42.6 Å². The van der Waals surface area contributed by atoms with Gasteiger partial charge in [-0.05, 0) is 48.2 Å². The summed E-state index contributed by atoms with van der Waals surface area (Å²) in [6.07, 6.45) is 3.92. The standard InChI is InChI=1S/C32H36N4O6/c1-20(2)7-10-31(38)36-17-27-29(18-36)42-26-9-8-22(28(13-26)40-3)16-34-30(37)19-41-25-6-4-5-21(12-25)23-11-24(15-33-14-23)32(39)35-27/h4-6,8-9,11-15,20,27,29H,7,10,16-19H2,1-3H3,(H,34,37)(H,35,39)/t27-,29-/m0/s1. The van der Waals surface area contributed by atoms with Crippen LogP contribution in [0.3, 0.4) is 0 Å². The van der Waals surface area contributed by atoms with Crippen molar-refractivity contribution >= 4 is 17.7 Å². The van der Waals surface area contributed by atoms with Crippen molar-refractivity contribution in [1.29, 1.82) is 0 Å². The lowest BCUT2D eigenvalue weighted by atomic mass is 10.1. The third-order valence-corrected chi connectivity index (χ3v) is 7.43. The number of methoxy groups -OCH3 is 1. The Labute approximate surface area is 245 Å². The van der Waals surface area contributed by atoms with Crippen molar-refractivity contribution in [2.75, 3.05) is 26.8 Å². The number of likely N-dealkylation sites (tertiary alicyclic amines) is 1. The predicted octanol–water partition coefficient (Wildman–Crippen LogP) is 3.59. The first-order valence-corrected chi connectivity index (χ1v) is 14.2. The van der Waals surface area contributed by atoms with E-state index in [4.69, 9.17) is 14.2 Å². The molecule has 3 aliphatic rings. The summed E-state index contributed by atoms with van der Waals surface area (Å²) in [5.74, 6) is 1.44. The maximum absolute atomic E-state index is 13.5. The van der Waals surface area contributed by atoms with Crippen molar-refractivity contribution in [1.82, 2.24) is 20.5 Å². The minimum Gasteiger partial charge on any atom is -0.496 e. The van der Waals surface area contributed by atoms with Crippen LogP contribution in [0, 0.1) is 5.92 Å². The van der Waals surface area contributed by atoms with Gasteiger partial charge >= 0.3 is 0 Å². The number of carbonyl (C=O) groups excluding carboxylic acids is 3. The Morgan fingerprint density at radius 2 is 1.88 bits per heavy atom. The third-order valence-electron chi connectivity index (χ3n) is 7.43. The van der Waals surface area contributed by atoms with E-state index in [0.29, 0.717) is 48.2 Å². The summed E-state index contributed by atoms with van der Waals surface area (Å²) in [5, 5.41) is 5.95. The number of rotatable bonds is 4. The maximum atomic E-state index is 13.5. The molecule has 6 rings (SSSR count). The van der Waals surface area contributed by atoms with Crippen molar-refractivity contribution < 1.29 is 28.6 Å². The summed E-state index contributed by atoms with van der Waals surface area (Å²) >= 11 is 0. The van der Waals surface area contributed by atoms with E-state index in [1.54, 1.807) is 48.5 Å². The fourth-order valence-electron chi connectivity index (χ4n) is 5.06. The summed E-state index contributed by atoms with van der Waals surface area (Å²) < 4.78 is 17.7. The molecule has 42 heavy (non-hydrogen) atoms. The molecule has 4 heterocycles. The Morgan fingerprint density at radius 3 is 2.69 bits per heavy atom. The van der Waals surface area contributed by atoms with Crippen LogP contribution in [0.15, 0.2) is 60.9 Å². The van der Waals surface area contributed by atoms with Gasteiger partial charge in [-0.1, -0.05) is 26.0 Å². The molecule has 0 unspecified atom stereocenters. The van der Waals surface area contributed by atoms with Crippen LogP contribution in [-0.2, 0) is 16.1 Å². The minimum absolute atomic E-state index is 0.0361. The van der Waals surface area contributed by atoms with Gasteiger partial charge in [0.15, 0.2) is 6.61 Å². The highest BCUT2D eigenvalue weighted by atomic mass is 16.5. The van der Waals surface area contributed by atoms with Crippen molar-refractivity contribution in [2.45, 2.75) is 45.4 Å². The number of hydrogen-bond acceptors (Lipinski definition) is 7. The second-order valence-corrected chi connectivity index (χ2v) is 11.0.